The molecule has 1 atom stereocenters. The van der Waals surface area contributed by atoms with Crippen molar-refractivity contribution in [1.29, 1.82) is 0 Å². The Morgan fingerprint density at radius 1 is 1.19 bits per heavy atom. The van der Waals surface area contributed by atoms with Crippen LogP contribution in [0.2, 0.25) is 0 Å². The monoisotopic (exact) mass is 300 g/mol. The normalized spacial score (nSPS) is 17.0. The molecule has 1 fully saturated rings. The zero-order valence-electron chi connectivity index (χ0n) is 12.4. The third kappa shape index (κ3) is 7.08. The molecule has 0 saturated heterocycles. The predicted molar refractivity (Wildman–Crippen MR) is 75.6 cm³/mol. The van der Waals surface area contributed by atoms with Gasteiger partial charge in [-0.1, -0.05) is 19.3 Å². The molecule has 7 heteroatoms. The number of rotatable bonds is 8. The van der Waals surface area contributed by atoms with Gasteiger partial charge in [0.15, 0.2) is 6.04 Å². The van der Waals surface area contributed by atoms with E-state index in [4.69, 9.17) is 9.84 Å². The number of ether oxygens (including phenoxy) is 1. The van der Waals surface area contributed by atoms with Crippen molar-refractivity contribution in [3.63, 3.8) is 0 Å². The number of nitrogens with one attached hydrogen (secondary N) is 2. The SMILES string of the molecule is COCC(NC(=O)CNC(=O)CC1CCCCC1)C(=O)O. The molecule has 0 heterocycles. The largest absolute Gasteiger partial charge is 0.480 e. The lowest BCUT2D eigenvalue weighted by Crippen LogP contribution is -2.47. The second kappa shape index (κ2) is 9.33. The van der Waals surface area contributed by atoms with Gasteiger partial charge in [-0.3, -0.25) is 9.59 Å². The predicted octanol–water partition coefficient (Wildman–Crippen LogP) is 0.289. The van der Waals surface area contributed by atoms with Crippen LogP contribution in [0.15, 0.2) is 0 Å². The Morgan fingerprint density at radius 3 is 2.43 bits per heavy atom. The van der Waals surface area contributed by atoms with E-state index >= 15 is 0 Å². The Hall–Kier alpha value is -1.63. The first-order chi connectivity index (χ1) is 10.0. The van der Waals surface area contributed by atoms with Crippen LogP contribution in [0.25, 0.3) is 0 Å². The van der Waals surface area contributed by atoms with Crippen LogP contribution in [0.4, 0.5) is 0 Å². The number of carboxylic acids is 1. The first-order valence-corrected chi connectivity index (χ1v) is 7.30. The summed E-state index contributed by atoms with van der Waals surface area (Å²) in [5, 5.41) is 13.7. The lowest BCUT2D eigenvalue weighted by atomic mass is 9.87. The summed E-state index contributed by atoms with van der Waals surface area (Å²) >= 11 is 0. The number of hydrogen-bond acceptors (Lipinski definition) is 4. The Morgan fingerprint density at radius 2 is 1.86 bits per heavy atom. The van der Waals surface area contributed by atoms with E-state index in [1.54, 1.807) is 0 Å². The Kier molecular flexibility index (Phi) is 7.74. The molecule has 3 N–H and O–H groups in total. The van der Waals surface area contributed by atoms with Gasteiger partial charge < -0.3 is 20.5 Å². The van der Waals surface area contributed by atoms with Crippen LogP contribution in [-0.2, 0) is 19.1 Å². The summed E-state index contributed by atoms with van der Waals surface area (Å²) in [5.74, 6) is -1.45. The van der Waals surface area contributed by atoms with Crippen molar-refractivity contribution in [3.05, 3.63) is 0 Å². The summed E-state index contributed by atoms with van der Waals surface area (Å²) in [5.41, 5.74) is 0. The number of amides is 2. The van der Waals surface area contributed by atoms with E-state index < -0.39 is 17.9 Å². The summed E-state index contributed by atoms with van der Waals surface area (Å²) in [4.78, 5) is 34.2. The molecule has 0 bridgehead atoms. The Labute approximate surface area is 124 Å². The minimum Gasteiger partial charge on any atom is -0.480 e. The minimum absolute atomic E-state index is 0.114. The molecule has 120 valence electrons. The van der Waals surface area contributed by atoms with E-state index in [-0.39, 0.29) is 19.1 Å². The molecule has 1 aliphatic rings. The highest BCUT2D eigenvalue weighted by Crippen LogP contribution is 2.25. The van der Waals surface area contributed by atoms with Gasteiger partial charge in [-0.25, -0.2) is 4.79 Å². The van der Waals surface area contributed by atoms with E-state index in [9.17, 15) is 14.4 Å². The quantitative estimate of drug-likeness (QED) is 0.597. The summed E-state index contributed by atoms with van der Waals surface area (Å²) < 4.78 is 4.71. The van der Waals surface area contributed by atoms with Crippen molar-refractivity contribution >= 4 is 17.8 Å². The molecule has 0 spiro atoms. The van der Waals surface area contributed by atoms with Gasteiger partial charge in [0.1, 0.15) is 0 Å². The van der Waals surface area contributed by atoms with Crippen molar-refractivity contribution in [2.24, 2.45) is 5.92 Å². The standard InChI is InChI=1S/C14H24N2O5/c1-21-9-11(14(19)20)16-13(18)8-15-12(17)7-10-5-3-2-4-6-10/h10-11H,2-9H2,1H3,(H,15,17)(H,16,18)(H,19,20). The molecule has 1 saturated carbocycles. The van der Waals surface area contributed by atoms with E-state index in [2.05, 4.69) is 10.6 Å². The summed E-state index contributed by atoms with van der Waals surface area (Å²) in [7, 11) is 1.36. The van der Waals surface area contributed by atoms with Crippen LogP contribution in [0, 0.1) is 5.92 Å². The van der Waals surface area contributed by atoms with Gasteiger partial charge in [-0.2, -0.15) is 0 Å². The molecule has 1 rings (SSSR count). The van der Waals surface area contributed by atoms with Gasteiger partial charge in [0.05, 0.1) is 13.2 Å². The third-order valence-electron chi connectivity index (χ3n) is 3.61. The molecule has 2 amide bonds. The maximum absolute atomic E-state index is 11.7. The van der Waals surface area contributed by atoms with Crippen LogP contribution >= 0.6 is 0 Å². The van der Waals surface area contributed by atoms with Crippen LogP contribution in [0.5, 0.6) is 0 Å². The highest BCUT2D eigenvalue weighted by molar-refractivity contribution is 5.87. The highest BCUT2D eigenvalue weighted by Gasteiger charge is 2.21. The number of methoxy groups -OCH3 is 1. The number of aliphatic carboxylic acids is 1. The van der Waals surface area contributed by atoms with Gasteiger partial charge in [-0.15, -0.1) is 0 Å². The van der Waals surface area contributed by atoms with Crippen molar-refractivity contribution in [2.75, 3.05) is 20.3 Å². The lowest BCUT2D eigenvalue weighted by molar-refractivity contribution is -0.143. The molecular weight excluding hydrogens is 276 g/mol. The molecule has 0 aromatic rings. The fourth-order valence-electron chi connectivity index (χ4n) is 2.49. The second-order valence-electron chi connectivity index (χ2n) is 5.40. The lowest BCUT2D eigenvalue weighted by Gasteiger charge is -2.20. The molecular formula is C14H24N2O5. The number of carbonyl (C=O) groups is 3. The van der Waals surface area contributed by atoms with Crippen LogP contribution in [0.1, 0.15) is 38.5 Å². The summed E-state index contributed by atoms with van der Waals surface area (Å²) in [6.45, 7) is -0.323. The minimum atomic E-state index is -1.17. The van der Waals surface area contributed by atoms with E-state index in [1.165, 1.54) is 13.5 Å². The van der Waals surface area contributed by atoms with Gasteiger partial charge in [-0.05, 0) is 18.8 Å². The highest BCUT2D eigenvalue weighted by atomic mass is 16.5. The zero-order chi connectivity index (χ0) is 15.7. The zero-order valence-corrected chi connectivity index (χ0v) is 12.4. The Bertz CT molecular complexity index is 366. The van der Waals surface area contributed by atoms with Crippen LogP contribution < -0.4 is 10.6 Å². The molecule has 0 radical (unpaired) electrons. The van der Waals surface area contributed by atoms with Gasteiger partial charge in [0.25, 0.3) is 0 Å². The smallest absolute Gasteiger partial charge is 0.328 e. The molecule has 7 nitrogen and oxygen atoms in total. The topological polar surface area (TPSA) is 105 Å². The van der Waals surface area contributed by atoms with Crippen molar-refractivity contribution in [3.8, 4) is 0 Å². The molecule has 0 aromatic heterocycles. The first kappa shape index (κ1) is 17.4. The fourth-order valence-corrected chi connectivity index (χ4v) is 2.49. The summed E-state index contributed by atoms with van der Waals surface area (Å²) in [6, 6.07) is -1.10. The van der Waals surface area contributed by atoms with Crippen molar-refractivity contribution < 1.29 is 24.2 Å². The van der Waals surface area contributed by atoms with Gasteiger partial charge in [0.2, 0.25) is 11.8 Å². The van der Waals surface area contributed by atoms with E-state index in [0.717, 1.165) is 25.7 Å². The number of hydrogen-bond donors (Lipinski definition) is 3. The van der Waals surface area contributed by atoms with E-state index in [0.29, 0.717) is 12.3 Å². The first-order valence-electron chi connectivity index (χ1n) is 7.30. The maximum atomic E-state index is 11.7. The van der Waals surface area contributed by atoms with Crippen molar-refractivity contribution in [1.82, 2.24) is 10.6 Å². The molecule has 1 unspecified atom stereocenters. The number of carbonyl (C=O) groups excluding carboxylic acids is 2. The second-order valence-corrected chi connectivity index (χ2v) is 5.40. The van der Waals surface area contributed by atoms with Gasteiger partial charge in [0, 0.05) is 13.5 Å². The molecule has 1 aliphatic carbocycles. The van der Waals surface area contributed by atoms with Gasteiger partial charge >= 0.3 is 5.97 Å². The maximum Gasteiger partial charge on any atom is 0.328 e. The molecule has 0 aliphatic heterocycles. The van der Waals surface area contributed by atoms with Crippen LogP contribution in [0.3, 0.4) is 0 Å². The number of carboxylic acid groups (broad SMARTS) is 1. The van der Waals surface area contributed by atoms with E-state index in [1.807, 2.05) is 0 Å². The van der Waals surface area contributed by atoms with Crippen LogP contribution in [-0.4, -0.2) is 49.2 Å². The Balaban J connectivity index is 2.24. The average molecular weight is 300 g/mol. The average Bonchev–Trinajstić information content (AvgIpc) is 2.45. The van der Waals surface area contributed by atoms with Crippen molar-refractivity contribution in [2.45, 2.75) is 44.6 Å². The third-order valence-corrected chi connectivity index (χ3v) is 3.61. The summed E-state index contributed by atoms with van der Waals surface area (Å²) in [6.07, 6.45) is 6.12. The fraction of sp³-hybridized carbons (Fsp3) is 0.786. The molecule has 0 aromatic carbocycles. The molecule has 21 heavy (non-hydrogen) atoms.